The summed E-state index contributed by atoms with van der Waals surface area (Å²) in [5.74, 6) is 0.545. The van der Waals surface area contributed by atoms with Gasteiger partial charge in [0.15, 0.2) is 5.16 Å². The van der Waals surface area contributed by atoms with Crippen LogP contribution >= 0.6 is 27.7 Å². The standard InChI is InChI=1S/C16H18BrN5O2S/c17-10-2-1-3-11(8-10)19-15(24)9-25-16-21-20-14(7-6-13(18)23)22(16)12-4-5-12/h1-3,8,12H,4-7,9H2,(H2,18,23)(H,19,24). The molecule has 3 rings (SSSR count). The van der Waals surface area contributed by atoms with Gasteiger partial charge in [0.25, 0.3) is 0 Å². The Balaban J connectivity index is 1.60. The van der Waals surface area contributed by atoms with Crippen LogP contribution in [0.25, 0.3) is 0 Å². The van der Waals surface area contributed by atoms with E-state index < -0.39 is 0 Å². The molecule has 9 heteroatoms. The monoisotopic (exact) mass is 423 g/mol. The molecule has 25 heavy (non-hydrogen) atoms. The van der Waals surface area contributed by atoms with E-state index in [-0.39, 0.29) is 24.0 Å². The highest BCUT2D eigenvalue weighted by atomic mass is 79.9. The molecule has 1 heterocycles. The normalized spacial score (nSPS) is 13.6. The largest absolute Gasteiger partial charge is 0.370 e. The van der Waals surface area contributed by atoms with E-state index in [0.29, 0.717) is 17.6 Å². The third-order valence-corrected chi connectivity index (χ3v) is 5.12. The van der Waals surface area contributed by atoms with Crippen molar-refractivity contribution in [3.8, 4) is 0 Å². The van der Waals surface area contributed by atoms with Crippen molar-refractivity contribution in [1.29, 1.82) is 0 Å². The lowest BCUT2D eigenvalue weighted by molar-refractivity contribution is -0.118. The van der Waals surface area contributed by atoms with Crippen LogP contribution in [0.3, 0.4) is 0 Å². The van der Waals surface area contributed by atoms with Crippen LogP contribution in [0.1, 0.15) is 31.1 Å². The number of benzene rings is 1. The van der Waals surface area contributed by atoms with Crippen LogP contribution in [0.2, 0.25) is 0 Å². The van der Waals surface area contributed by atoms with Gasteiger partial charge in [-0.3, -0.25) is 9.59 Å². The molecule has 1 aliphatic carbocycles. The molecule has 2 amide bonds. The highest BCUT2D eigenvalue weighted by Gasteiger charge is 2.29. The summed E-state index contributed by atoms with van der Waals surface area (Å²) in [7, 11) is 0. The van der Waals surface area contributed by atoms with Crippen LogP contribution in [0.15, 0.2) is 33.9 Å². The van der Waals surface area contributed by atoms with E-state index in [4.69, 9.17) is 5.73 Å². The Hall–Kier alpha value is -1.87. The third kappa shape index (κ3) is 5.05. The number of carbonyl (C=O) groups is 2. The quantitative estimate of drug-likeness (QED) is 0.634. The Morgan fingerprint density at radius 2 is 2.16 bits per heavy atom. The second-order valence-corrected chi connectivity index (χ2v) is 7.67. The number of carbonyl (C=O) groups excluding carboxylic acids is 2. The van der Waals surface area contributed by atoms with E-state index in [1.165, 1.54) is 11.8 Å². The molecule has 132 valence electrons. The molecule has 1 aromatic carbocycles. The predicted octanol–water partition coefficient (Wildman–Crippen LogP) is 2.52. The molecular weight excluding hydrogens is 406 g/mol. The average molecular weight is 424 g/mol. The minimum absolute atomic E-state index is 0.105. The maximum Gasteiger partial charge on any atom is 0.234 e. The number of anilines is 1. The van der Waals surface area contributed by atoms with E-state index in [1.54, 1.807) is 0 Å². The number of rotatable bonds is 8. The zero-order valence-electron chi connectivity index (χ0n) is 13.4. The molecule has 0 bridgehead atoms. The van der Waals surface area contributed by atoms with Crippen molar-refractivity contribution in [1.82, 2.24) is 14.8 Å². The molecule has 1 saturated carbocycles. The fourth-order valence-electron chi connectivity index (χ4n) is 2.40. The van der Waals surface area contributed by atoms with Gasteiger partial charge in [-0.25, -0.2) is 0 Å². The molecule has 0 aliphatic heterocycles. The fraction of sp³-hybridized carbons (Fsp3) is 0.375. The van der Waals surface area contributed by atoms with Gasteiger partial charge in [0, 0.05) is 29.0 Å². The van der Waals surface area contributed by atoms with Crippen molar-refractivity contribution in [3.05, 3.63) is 34.6 Å². The van der Waals surface area contributed by atoms with E-state index in [2.05, 4.69) is 31.4 Å². The first-order valence-corrected chi connectivity index (χ1v) is 9.71. The Labute approximate surface area is 157 Å². The molecule has 1 aliphatic rings. The van der Waals surface area contributed by atoms with Gasteiger partial charge in [0.1, 0.15) is 5.82 Å². The van der Waals surface area contributed by atoms with Crippen LogP contribution in [0.4, 0.5) is 5.69 Å². The zero-order valence-corrected chi connectivity index (χ0v) is 15.8. The average Bonchev–Trinajstić information content (AvgIpc) is 3.31. The summed E-state index contributed by atoms with van der Waals surface area (Å²) < 4.78 is 2.95. The second kappa shape index (κ2) is 8.01. The Bertz CT molecular complexity index is 791. The van der Waals surface area contributed by atoms with Gasteiger partial charge in [-0.2, -0.15) is 0 Å². The van der Waals surface area contributed by atoms with Crippen molar-refractivity contribution in [2.45, 2.75) is 36.9 Å². The number of hydrogen-bond donors (Lipinski definition) is 2. The summed E-state index contributed by atoms with van der Waals surface area (Å²) in [5, 5.41) is 11.9. The molecule has 0 atom stereocenters. The van der Waals surface area contributed by atoms with E-state index in [9.17, 15) is 9.59 Å². The van der Waals surface area contributed by atoms with Gasteiger partial charge in [-0.1, -0.05) is 33.8 Å². The van der Waals surface area contributed by atoms with Crippen molar-refractivity contribution >= 4 is 45.2 Å². The Morgan fingerprint density at radius 1 is 1.36 bits per heavy atom. The Morgan fingerprint density at radius 3 is 2.84 bits per heavy atom. The van der Waals surface area contributed by atoms with Crippen molar-refractivity contribution < 1.29 is 9.59 Å². The van der Waals surface area contributed by atoms with Crippen molar-refractivity contribution in [2.75, 3.05) is 11.1 Å². The molecule has 3 N–H and O–H groups in total. The number of aromatic nitrogens is 3. The van der Waals surface area contributed by atoms with Gasteiger partial charge in [0.2, 0.25) is 11.8 Å². The third-order valence-electron chi connectivity index (χ3n) is 3.68. The van der Waals surface area contributed by atoms with Crippen LogP contribution in [0, 0.1) is 0 Å². The predicted molar refractivity (Wildman–Crippen MR) is 99.3 cm³/mol. The van der Waals surface area contributed by atoms with E-state index in [1.807, 2.05) is 28.8 Å². The van der Waals surface area contributed by atoms with Gasteiger partial charge < -0.3 is 15.6 Å². The summed E-state index contributed by atoms with van der Waals surface area (Å²) >= 11 is 4.73. The molecule has 0 unspecified atom stereocenters. The molecule has 1 fully saturated rings. The number of hydrogen-bond acceptors (Lipinski definition) is 5. The summed E-state index contributed by atoms with van der Waals surface area (Å²) in [6.07, 6.45) is 2.86. The number of amides is 2. The smallest absolute Gasteiger partial charge is 0.234 e. The van der Waals surface area contributed by atoms with Crippen molar-refractivity contribution in [3.63, 3.8) is 0 Å². The zero-order chi connectivity index (χ0) is 17.8. The van der Waals surface area contributed by atoms with Crippen LogP contribution in [-0.4, -0.2) is 32.3 Å². The van der Waals surface area contributed by atoms with E-state index >= 15 is 0 Å². The van der Waals surface area contributed by atoms with Gasteiger partial charge in [0.05, 0.1) is 5.75 Å². The Kier molecular flexibility index (Phi) is 5.74. The highest BCUT2D eigenvalue weighted by molar-refractivity contribution is 9.10. The lowest BCUT2D eigenvalue weighted by Crippen LogP contribution is -2.15. The minimum atomic E-state index is -0.354. The van der Waals surface area contributed by atoms with Gasteiger partial charge in [-0.05, 0) is 31.0 Å². The number of thioether (sulfide) groups is 1. The first-order valence-electron chi connectivity index (χ1n) is 7.93. The van der Waals surface area contributed by atoms with Gasteiger partial charge >= 0.3 is 0 Å². The molecule has 0 spiro atoms. The summed E-state index contributed by atoms with van der Waals surface area (Å²) in [6.45, 7) is 0. The second-order valence-electron chi connectivity index (χ2n) is 5.81. The summed E-state index contributed by atoms with van der Waals surface area (Å²) in [4.78, 5) is 23.1. The molecule has 0 saturated heterocycles. The molecule has 7 nitrogen and oxygen atoms in total. The number of halogens is 1. The van der Waals surface area contributed by atoms with E-state index in [0.717, 1.165) is 28.8 Å². The number of primary amides is 1. The molecule has 2 aromatic rings. The number of nitrogens with two attached hydrogens (primary N) is 1. The maximum absolute atomic E-state index is 12.1. The lowest BCUT2D eigenvalue weighted by atomic mass is 10.3. The van der Waals surface area contributed by atoms with Crippen molar-refractivity contribution in [2.24, 2.45) is 5.73 Å². The van der Waals surface area contributed by atoms with Crippen LogP contribution < -0.4 is 11.1 Å². The minimum Gasteiger partial charge on any atom is -0.370 e. The first-order chi connectivity index (χ1) is 12.0. The van der Waals surface area contributed by atoms with Crippen LogP contribution in [-0.2, 0) is 16.0 Å². The van der Waals surface area contributed by atoms with Gasteiger partial charge in [-0.15, -0.1) is 10.2 Å². The molecule has 0 radical (unpaired) electrons. The summed E-state index contributed by atoms with van der Waals surface area (Å²) in [5.41, 5.74) is 5.95. The molecule has 1 aromatic heterocycles. The highest BCUT2D eigenvalue weighted by Crippen LogP contribution is 2.39. The number of aryl methyl sites for hydroxylation is 1. The topological polar surface area (TPSA) is 103 Å². The number of nitrogens with one attached hydrogen (secondary N) is 1. The lowest BCUT2D eigenvalue weighted by Gasteiger charge is -2.08. The number of nitrogens with zero attached hydrogens (tertiary/aromatic N) is 3. The molecular formula is C16H18BrN5O2S. The van der Waals surface area contributed by atoms with Crippen LogP contribution in [0.5, 0.6) is 0 Å². The summed E-state index contributed by atoms with van der Waals surface area (Å²) in [6, 6.07) is 7.81. The maximum atomic E-state index is 12.1. The SMILES string of the molecule is NC(=O)CCc1nnc(SCC(=O)Nc2cccc(Br)c2)n1C1CC1. The fourth-order valence-corrected chi connectivity index (χ4v) is 3.63. The first kappa shape index (κ1) is 17.9.